The number of hydrogen-bond donors (Lipinski definition) is 1. The minimum absolute atomic E-state index is 0.176. The maximum absolute atomic E-state index is 12.5. The van der Waals surface area contributed by atoms with E-state index in [1.807, 2.05) is 0 Å². The van der Waals surface area contributed by atoms with Crippen molar-refractivity contribution < 1.29 is 22.7 Å². The van der Waals surface area contributed by atoms with Gasteiger partial charge in [-0.2, -0.15) is 4.31 Å². The van der Waals surface area contributed by atoms with E-state index in [4.69, 9.17) is 0 Å². The van der Waals surface area contributed by atoms with Crippen LogP contribution in [0.15, 0.2) is 46.0 Å². The molecule has 2 heterocycles. The Labute approximate surface area is 162 Å². The fraction of sp³-hybridized carbons (Fsp3) is 0.333. The van der Waals surface area contributed by atoms with Crippen LogP contribution in [-0.2, 0) is 19.6 Å². The average Bonchev–Trinajstić information content (AvgIpc) is 3.23. The lowest BCUT2D eigenvalue weighted by Gasteiger charge is -2.30. The second-order valence-corrected chi connectivity index (χ2v) is 9.28. The molecule has 0 radical (unpaired) electrons. The van der Waals surface area contributed by atoms with Gasteiger partial charge in [0.2, 0.25) is 5.91 Å². The molecule has 144 valence electrons. The molecule has 9 heteroatoms. The standard InChI is InChI=1S/C18H20N2O5S2/c1-25-18(22)14-4-2-5-15(12-14)19-17(21)13-7-9-20(10-8-13)27(23,24)16-6-3-11-26-16/h2-6,11-13H,7-10H2,1H3,(H,19,21). The summed E-state index contributed by atoms with van der Waals surface area (Å²) in [5.41, 5.74) is 0.865. The quantitative estimate of drug-likeness (QED) is 0.768. The number of piperidine rings is 1. The number of methoxy groups -OCH3 is 1. The molecule has 7 nitrogen and oxygen atoms in total. The molecular formula is C18H20N2O5S2. The van der Waals surface area contributed by atoms with Gasteiger partial charge in [0.15, 0.2) is 0 Å². The monoisotopic (exact) mass is 408 g/mol. The number of carbonyl (C=O) groups is 2. The molecule has 0 bridgehead atoms. The Bertz CT molecular complexity index is 917. The second-order valence-electron chi connectivity index (χ2n) is 6.17. The van der Waals surface area contributed by atoms with Crippen molar-refractivity contribution >= 4 is 38.9 Å². The van der Waals surface area contributed by atoms with Crippen LogP contribution in [0.25, 0.3) is 0 Å². The number of thiophene rings is 1. The summed E-state index contributed by atoms with van der Waals surface area (Å²) in [5.74, 6) is -0.926. The van der Waals surface area contributed by atoms with Crippen LogP contribution in [0.5, 0.6) is 0 Å². The number of carbonyl (C=O) groups excluding carboxylic acids is 2. The average molecular weight is 409 g/mol. The molecular weight excluding hydrogens is 388 g/mol. The SMILES string of the molecule is COC(=O)c1cccc(NC(=O)C2CCN(S(=O)(=O)c3cccs3)CC2)c1. The van der Waals surface area contributed by atoms with Gasteiger partial charge in [0.05, 0.1) is 12.7 Å². The first-order chi connectivity index (χ1) is 12.9. The first kappa shape index (κ1) is 19.5. The van der Waals surface area contributed by atoms with Gasteiger partial charge >= 0.3 is 5.97 Å². The maximum Gasteiger partial charge on any atom is 0.337 e. The summed E-state index contributed by atoms with van der Waals surface area (Å²) >= 11 is 1.19. The van der Waals surface area contributed by atoms with Gasteiger partial charge in [-0.25, -0.2) is 13.2 Å². The number of nitrogens with one attached hydrogen (secondary N) is 1. The first-order valence-corrected chi connectivity index (χ1v) is 10.8. The highest BCUT2D eigenvalue weighted by Crippen LogP contribution is 2.27. The second kappa shape index (κ2) is 8.20. The van der Waals surface area contributed by atoms with Crippen LogP contribution in [0.2, 0.25) is 0 Å². The van der Waals surface area contributed by atoms with Crippen LogP contribution in [0.1, 0.15) is 23.2 Å². The van der Waals surface area contributed by atoms with E-state index in [0.717, 1.165) is 0 Å². The summed E-state index contributed by atoms with van der Waals surface area (Å²) in [5, 5.41) is 4.53. The highest BCUT2D eigenvalue weighted by molar-refractivity contribution is 7.91. The molecule has 1 aromatic carbocycles. The third kappa shape index (κ3) is 4.37. The summed E-state index contributed by atoms with van der Waals surface area (Å²) in [6, 6.07) is 9.82. The zero-order chi connectivity index (χ0) is 19.4. The normalized spacial score (nSPS) is 16.0. The molecule has 1 N–H and O–H groups in total. The fourth-order valence-electron chi connectivity index (χ4n) is 2.98. The molecule has 1 fully saturated rings. The number of rotatable bonds is 5. The van der Waals surface area contributed by atoms with Gasteiger partial charge in [-0.05, 0) is 42.5 Å². The van der Waals surface area contributed by atoms with Crippen molar-refractivity contribution in [3.05, 3.63) is 47.3 Å². The molecule has 2 aromatic rings. The predicted molar refractivity (Wildman–Crippen MR) is 102 cm³/mol. The van der Waals surface area contributed by atoms with Crippen molar-refractivity contribution in [1.29, 1.82) is 0 Å². The van der Waals surface area contributed by atoms with E-state index < -0.39 is 16.0 Å². The van der Waals surface area contributed by atoms with E-state index in [9.17, 15) is 18.0 Å². The summed E-state index contributed by atoms with van der Waals surface area (Å²) in [6.07, 6.45) is 0.903. The van der Waals surface area contributed by atoms with Crippen LogP contribution < -0.4 is 5.32 Å². The van der Waals surface area contributed by atoms with E-state index in [1.54, 1.807) is 41.8 Å². The number of hydrogen-bond acceptors (Lipinski definition) is 6. The molecule has 1 aromatic heterocycles. The van der Waals surface area contributed by atoms with Crippen molar-refractivity contribution in [3.63, 3.8) is 0 Å². The number of esters is 1. The summed E-state index contributed by atoms with van der Waals surface area (Å²) in [4.78, 5) is 24.1. The Hall–Kier alpha value is -2.23. The van der Waals surface area contributed by atoms with Gasteiger partial charge in [0.1, 0.15) is 4.21 Å². The molecule has 1 aliphatic heterocycles. The Morgan fingerprint density at radius 1 is 1.19 bits per heavy atom. The maximum atomic E-state index is 12.5. The highest BCUT2D eigenvalue weighted by Gasteiger charge is 2.32. The van der Waals surface area contributed by atoms with Gasteiger partial charge in [0, 0.05) is 24.7 Å². The van der Waals surface area contributed by atoms with Gasteiger partial charge in [0.25, 0.3) is 10.0 Å². The highest BCUT2D eigenvalue weighted by atomic mass is 32.2. The van der Waals surface area contributed by atoms with Gasteiger partial charge in [-0.3, -0.25) is 4.79 Å². The topological polar surface area (TPSA) is 92.8 Å². The lowest BCUT2D eigenvalue weighted by Crippen LogP contribution is -2.41. The smallest absolute Gasteiger partial charge is 0.337 e. The Morgan fingerprint density at radius 3 is 2.56 bits per heavy atom. The van der Waals surface area contributed by atoms with Crippen molar-refractivity contribution in [2.45, 2.75) is 17.1 Å². The van der Waals surface area contributed by atoms with E-state index in [2.05, 4.69) is 10.1 Å². The van der Waals surface area contributed by atoms with Gasteiger partial charge < -0.3 is 10.1 Å². The van der Waals surface area contributed by atoms with Crippen LogP contribution in [0.4, 0.5) is 5.69 Å². The van der Waals surface area contributed by atoms with E-state index in [0.29, 0.717) is 41.4 Å². The minimum Gasteiger partial charge on any atom is -0.465 e. The summed E-state index contributed by atoms with van der Waals surface area (Å²) in [6.45, 7) is 0.612. The molecule has 0 aliphatic carbocycles. The molecule has 0 unspecified atom stereocenters. The molecule has 1 aliphatic rings. The lowest BCUT2D eigenvalue weighted by atomic mass is 9.97. The zero-order valence-corrected chi connectivity index (χ0v) is 16.4. The summed E-state index contributed by atoms with van der Waals surface area (Å²) in [7, 11) is -2.18. The van der Waals surface area contributed by atoms with Gasteiger partial charge in [-0.1, -0.05) is 12.1 Å². The lowest BCUT2D eigenvalue weighted by molar-refractivity contribution is -0.120. The molecule has 27 heavy (non-hydrogen) atoms. The van der Waals surface area contributed by atoms with E-state index in [1.165, 1.54) is 22.8 Å². The molecule has 3 rings (SSSR count). The number of anilines is 1. The molecule has 1 amide bonds. The minimum atomic E-state index is -3.48. The van der Waals surface area contributed by atoms with E-state index >= 15 is 0 Å². The van der Waals surface area contributed by atoms with E-state index in [-0.39, 0.29) is 11.8 Å². The summed E-state index contributed by atoms with van der Waals surface area (Å²) < 4.78 is 31.5. The zero-order valence-electron chi connectivity index (χ0n) is 14.8. The van der Waals surface area contributed by atoms with Crippen molar-refractivity contribution in [2.75, 3.05) is 25.5 Å². The number of nitrogens with zero attached hydrogens (tertiary/aromatic N) is 1. The van der Waals surface area contributed by atoms with Crippen LogP contribution in [0.3, 0.4) is 0 Å². The number of amides is 1. The molecule has 0 spiro atoms. The largest absolute Gasteiger partial charge is 0.465 e. The third-order valence-corrected chi connectivity index (χ3v) is 7.74. The Morgan fingerprint density at radius 2 is 1.93 bits per heavy atom. The molecule has 0 saturated carbocycles. The number of ether oxygens (including phenoxy) is 1. The van der Waals surface area contributed by atoms with Crippen molar-refractivity contribution in [2.24, 2.45) is 5.92 Å². The number of benzene rings is 1. The third-order valence-electron chi connectivity index (χ3n) is 4.47. The van der Waals surface area contributed by atoms with Crippen LogP contribution >= 0.6 is 11.3 Å². The number of sulfonamides is 1. The van der Waals surface area contributed by atoms with Crippen molar-refractivity contribution in [3.8, 4) is 0 Å². The first-order valence-electron chi connectivity index (χ1n) is 8.44. The Kier molecular flexibility index (Phi) is 5.93. The fourth-order valence-corrected chi connectivity index (χ4v) is 5.60. The van der Waals surface area contributed by atoms with Crippen LogP contribution in [0, 0.1) is 5.92 Å². The molecule has 1 saturated heterocycles. The Balaban J connectivity index is 1.60. The van der Waals surface area contributed by atoms with Gasteiger partial charge in [-0.15, -0.1) is 11.3 Å². The van der Waals surface area contributed by atoms with Crippen molar-refractivity contribution in [1.82, 2.24) is 4.31 Å². The predicted octanol–water partition coefficient (Wildman–Crippen LogP) is 2.57. The van der Waals surface area contributed by atoms with Crippen LogP contribution in [-0.4, -0.2) is 44.8 Å². The molecule has 0 atom stereocenters.